The van der Waals surface area contributed by atoms with Crippen LogP contribution in [0, 0.1) is 0 Å². The normalized spacial score (nSPS) is 21.5. The minimum atomic E-state index is -0.732. The molecule has 1 aromatic rings. The van der Waals surface area contributed by atoms with Gasteiger partial charge in [-0.05, 0) is 31.6 Å². The van der Waals surface area contributed by atoms with Crippen LogP contribution in [0.4, 0.5) is 0 Å². The third-order valence-electron chi connectivity index (χ3n) is 3.76. The van der Waals surface area contributed by atoms with Gasteiger partial charge in [-0.15, -0.1) is 0 Å². The Morgan fingerprint density at radius 3 is 2.81 bits per heavy atom. The summed E-state index contributed by atoms with van der Waals surface area (Å²) in [5, 5.41) is 12.8. The second-order valence-electron chi connectivity index (χ2n) is 5.28. The third-order valence-corrected chi connectivity index (χ3v) is 3.76. The summed E-state index contributed by atoms with van der Waals surface area (Å²) in [7, 11) is 1.85. The molecule has 2 unspecified atom stereocenters. The molecule has 6 heteroatoms. The maximum Gasteiger partial charge on any atom is 0.254 e. The number of likely N-dealkylation sites (N-methyl/N-ethyl adjacent to an activating group) is 1. The zero-order valence-electron chi connectivity index (χ0n) is 12.1. The Kier molecular flexibility index (Phi) is 4.93. The molecule has 0 radical (unpaired) electrons. The first kappa shape index (κ1) is 15.5. The topological polar surface area (TPSA) is 95.7 Å². The van der Waals surface area contributed by atoms with Crippen LogP contribution in [0.5, 0.6) is 0 Å². The molecule has 1 fully saturated rings. The molecule has 21 heavy (non-hydrogen) atoms. The minimum Gasteiger partial charge on any atom is -0.391 e. The molecule has 0 saturated carbocycles. The van der Waals surface area contributed by atoms with Crippen molar-refractivity contribution < 1.29 is 14.7 Å². The molecule has 6 nitrogen and oxygen atoms in total. The number of aliphatic hydroxyl groups excluding tert-OH is 1. The molecule has 0 aliphatic carbocycles. The molecular weight excluding hydrogens is 270 g/mol. The van der Waals surface area contributed by atoms with E-state index in [1.807, 2.05) is 19.2 Å². The standard InChI is InChI=1S/C15H21N3O3/c1-17-7-6-10-4-2-3-5-12(10)15(21)18-9-11(19)8-13(18)14(16)20/h2-5,11,13,17,19H,6-9H2,1H3,(H2,16,20). The molecule has 114 valence electrons. The average molecular weight is 291 g/mol. The van der Waals surface area contributed by atoms with E-state index < -0.39 is 18.1 Å². The first-order chi connectivity index (χ1) is 10.0. The quantitative estimate of drug-likeness (QED) is 0.682. The lowest BCUT2D eigenvalue weighted by Crippen LogP contribution is -2.44. The molecule has 2 atom stereocenters. The van der Waals surface area contributed by atoms with Crippen molar-refractivity contribution in [3.05, 3.63) is 35.4 Å². The molecule has 1 saturated heterocycles. The van der Waals surface area contributed by atoms with Gasteiger partial charge in [0, 0.05) is 18.5 Å². The van der Waals surface area contributed by atoms with Crippen molar-refractivity contribution in [2.45, 2.75) is 25.0 Å². The summed E-state index contributed by atoms with van der Waals surface area (Å²) in [5.41, 5.74) is 6.81. The van der Waals surface area contributed by atoms with Crippen LogP contribution in [0.2, 0.25) is 0 Å². The van der Waals surface area contributed by atoms with Gasteiger partial charge in [-0.3, -0.25) is 9.59 Å². The summed E-state index contributed by atoms with van der Waals surface area (Å²) in [5.74, 6) is -0.824. The van der Waals surface area contributed by atoms with Crippen LogP contribution in [0.1, 0.15) is 22.3 Å². The Morgan fingerprint density at radius 1 is 1.43 bits per heavy atom. The number of carbonyl (C=O) groups is 2. The first-order valence-electron chi connectivity index (χ1n) is 7.05. The van der Waals surface area contributed by atoms with Crippen molar-refractivity contribution in [1.29, 1.82) is 0 Å². The number of carbonyl (C=O) groups excluding carboxylic acids is 2. The predicted octanol–water partition coefficient (Wildman–Crippen LogP) is -0.491. The Balaban J connectivity index is 2.25. The van der Waals surface area contributed by atoms with Crippen LogP contribution < -0.4 is 11.1 Å². The lowest BCUT2D eigenvalue weighted by molar-refractivity contribution is -0.121. The highest BCUT2D eigenvalue weighted by Crippen LogP contribution is 2.22. The van der Waals surface area contributed by atoms with Gasteiger partial charge < -0.3 is 21.1 Å². The predicted molar refractivity (Wildman–Crippen MR) is 78.7 cm³/mol. The second-order valence-corrected chi connectivity index (χ2v) is 5.28. The molecule has 1 heterocycles. The van der Waals surface area contributed by atoms with E-state index in [2.05, 4.69) is 5.32 Å². The smallest absolute Gasteiger partial charge is 0.254 e. The number of hydrogen-bond donors (Lipinski definition) is 3. The maximum absolute atomic E-state index is 12.7. The van der Waals surface area contributed by atoms with E-state index in [4.69, 9.17) is 5.73 Å². The number of amides is 2. The van der Waals surface area contributed by atoms with E-state index >= 15 is 0 Å². The molecule has 0 aromatic heterocycles. The lowest BCUT2D eigenvalue weighted by Gasteiger charge is -2.23. The third kappa shape index (κ3) is 3.40. The molecule has 1 aliphatic heterocycles. The van der Waals surface area contributed by atoms with E-state index in [1.54, 1.807) is 12.1 Å². The van der Waals surface area contributed by atoms with Gasteiger partial charge >= 0.3 is 0 Å². The highest BCUT2D eigenvalue weighted by molar-refractivity contribution is 5.99. The van der Waals surface area contributed by atoms with Crippen molar-refractivity contribution in [3.63, 3.8) is 0 Å². The molecule has 0 spiro atoms. The number of hydrogen-bond acceptors (Lipinski definition) is 4. The van der Waals surface area contributed by atoms with E-state index in [0.717, 1.165) is 18.5 Å². The van der Waals surface area contributed by atoms with E-state index in [-0.39, 0.29) is 18.9 Å². The minimum absolute atomic E-state index is 0.146. The number of aliphatic hydroxyl groups is 1. The number of rotatable bonds is 5. The van der Waals surface area contributed by atoms with Gasteiger partial charge in [-0.1, -0.05) is 18.2 Å². The fraction of sp³-hybridized carbons (Fsp3) is 0.467. The van der Waals surface area contributed by atoms with Gasteiger partial charge in [0.1, 0.15) is 6.04 Å². The fourth-order valence-corrected chi connectivity index (χ4v) is 2.67. The van der Waals surface area contributed by atoms with Gasteiger partial charge in [0.2, 0.25) is 5.91 Å². The summed E-state index contributed by atoms with van der Waals surface area (Å²) in [6.07, 6.45) is 0.228. The van der Waals surface area contributed by atoms with Gasteiger partial charge in [0.25, 0.3) is 5.91 Å². The molecule has 1 aliphatic rings. The number of benzene rings is 1. The maximum atomic E-state index is 12.7. The van der Waals surface area contributed by atoms with Crippen molar-refractivity contribution >= 4 is 11.8 Å². The van der Waals surface area contributed by atoms with E-state index in [0.29, 0.717) is 5.56 Å². The molecule has 0 bridgehead atoms. The van der Waals surface area contributed by atoms with Crippen LogP contribution in [0.15, 0.2) is 24.3 Å². The Morgan fingerprint density at radius 2 is 2.14 bits per heavy atom. The zero-order valence-corrected chi connectivity index (χ0v) is 12.1. The highest BCUT2D eigenvalue weighted by atomic mass is 16.3. The Hall–Kier alpha value is -1.92. The van der Waals surface area contributed by atoms with Gasteiger partial charge in [0.05, 0.1) is 6.10 Å². The summed E-state index contributed by atoms with van der Waals surface area (Å²) < 4.78 is 0. The van der Waals surface area contributed by atoms with Crippen molar-refractivity contribution in [1.82, 2.24) is 10.2 Å². The molecule has 1 aromatic carbocycles. The largest absolute Gasteiger partial charge is 0.391 e. The Labute approximate surface area is 123 Å². The number of nitrogens with zero attached hydrogens (tertiary/aromatic N) is 1. The SMILES string of the molecule is CNCCc1ccccc1C(=O)N1CC(O)CC1C(N)=O. The van der Waals surface area contributed by atoms with Gasteiger partial charge in [-0.2, -0.15) is 0 Å². The summed E-state index contributed by atoms with van der Waals surface area (Å²) in [4.78, 5) is 25.5. The first-order valence-corrected chi connectivity index (χ1v) is 7.05. The van der Waals surface area contributed by atoms with Crippen molar-refractivity contribution in [2.75, 3.05) is 20.1 Å². The van der Waals surface area contributed by atoms with Gasteiger partial charge in [0.15, 0.2) is 0 Å². The number of nitrogens with one attached hydrogen (secondary N) is 1. The molecular formula is C15H21N3O3. The molecule has 2 amide bonds. The number of β-amino-alcohol motifs (C(OH)–C–C–N with tert-alkyl or cyclic N) is 1. The zero-order chi connectivity index (χ0) is 15.4. The van der Waals surface area contributed by atoms with Crippen LogP contribution in [-0.2, 0) is 11.2 Å². The van der Waals surface area contributed by atoms with Crippen molar-refractivity contribution in [3.8, 4) is 0 Å². The average Bonchev–Trinajstić information content (AvgIpc) is 2.87. The monoisotopic (exact) mass is 291 g/mol. The second kappa shape index (κ2) is 6.69. The highest BCUT2D eigenvalue weighted by Gasteiger charge is 2.38. The van der Waals surface area contributed by atoms with Crippen LogP contribution >= 0.6 is 0 Å². The lowest BCUT2D eigenvalue weighted by atomic mass is 10.0. The van der Waals surface area contributed by atoms with E-state index in [9.17, 15) is 14.7 Å². The number of nitrogens with two attached hydrogens (primary N) is 1. The number of primary amides is 1. The van der Waals surface area contributed by atoms with Crippen LogP contribution in [0.25, 0.3) is 0 Å². The summed E-state index contributed by atoms with van der Waals surface area (Å²) >= 11 is 0. The van der Waals surface area contributed by atoms with Crippen LogP contribution in [-0.4, -0.2) is 54.1 Å². The number of likely N-dealkylation sites (tertiary alicyclic amines) is 1. The molecule has 4 N–H and O–H groups in total. The summed E-state index contributed by atoms with van der Waals surface area (Å²) in [6, 6.07) is 6.59. The van der Waals surface area contributed by atoms with E-state index in [1.165, 1.54) is 4.90 Å². The van der Waals surface area contributed by atoms with Gasteiger partial charge in [-0.25, -0.2) is 0 Å². The Bertz CT molecular complexity index is 533. The van der Waals surface area contributed by atoms with Crippen LogP contribution in [0.3, 0.4) is 0 Å². The fourth-order valence-electron chi connectivity index (χ4n) is 2.67. The molecule has 2 rings (SSSR count). The summed E-state index contributed by atoms with van der Waals surface area (Å²) in [6.45, 7) is 0.902. The van der Waals surface area contributed by atoms with Crippen molar-refractivity contribution in [2.24, 2.45) is 5.73 Å².